The number of benzene rings is 1. The van der Waals surface area contributed by atoms with E-state index in [4.69, 9.17) is 19.9 Å². The molecule has 0 spiro atoms. The van der Waals surface area contributed by atoms with E-state index < -0.39 is 5.60 Å². The summed E-state index contributed by atoms with van der Waals surface area (Å²) in [7, 11) is 1.58. The molecule has 1 aliphatic heterocycles. The number of rotatable bonds is 4. The van der Waals surface area contributed by atoms with Crippen LogP contribution in [0.3, 0.4) is 0 Å². The molecule has 1 amide bonds. The van der Waals surface area contributed by atoms with Crippen LogP contribution in [0.15, 0.2) is 18.2 Å². The molecule has 0 bridgehead atoms. The average molecular weight is 308 g/mol. The standard InChI is InChI=1S/C16H24N2O4/c1-16(2,3)22-15(19)18-8-7-12(18)10-21-14-9-11(17)5-6-13(14)20-4/h5-6,9,12H,7-8,10,17H2,1-4H3. The lowest BCUT2D eigenvalue weighted by Gasteiger charge is -2.41. The number of carbonyl (C=O) groups excluding carboxylic acids is 1. The number of methoxy groups -OCH3 is 1. The van der Waals surface area contributed by atoms with Gasteiger partial charge in [0.15, 0.2) is 11.5 Å². The Morgan fingerprint density at radius 3 is 2.64 bits per heavy atom. The molecular formula is C16H24N2O4. The monoisotopic (exact) mass is 308 g/mol. The SMILES string of the molecule is COc1ccc(N)cc1OCC1CCN1C(=O)OC(C)(C)C. The van der Waals surface area contributed by atoms with Crippen LogP contribution in [0.5, 0.6) is 11.5 Å². The fourth-order valence-electron chi connectivity index (χ4n) is 2.17. The van der Waals surface area contributed by atoms with Gasteiger partial charge in [0, 0.05) is 18.3 Å². The number of carbonyl (C=O) groups is 1. The van der Waals surface area contributed by atoms with E-state index in [9.17, 15) is 4.79 Å². The van der Waals surface area contributed by atoms with Gasteiger partial charge in [-0.2, -0.15) is 0 Å². The van der Waals surface area contributed by atoms with Crippen LogP contribution in [0.2, 0.25) is 0 Å². The highest BCUT2D eigenvalue weighted by Gasteiger charge is 2.35. The maximum absolute atomic E-state index is 12.0. The molecule has 1 aromatic carbocycles. The van der Waals surface area contributed by atoms with Crippen molar-refractivity contribution in [3.63, 3.8) is 0 Å². The van der Waals surface area contributed by atoms with E-state index in [0.717, 1.165) is 6.42 Å². The molecule has 1 aromatic rings. The first-order valence-corrected chi connectivity index (χ1v) is 7.36. The molecule has 2 N–H and O–H groups in total. The summed E-state index contributed by atoms with van der Waals surface area (Å²) in [5.41, 5.74) is 5.87. The van der Waals surface area contributed by atoms with Crippen molar-refractivity contribution in [3.8, 4) is 11.5 Å². The zero-order chi connectivity index (χ0) is 16.3. The fraction of sp³-hybridized carbons (Fsp3) is 0.562. The van der Waals surface area contributed by atoms with Crippen LogP contribution in [0.1, 0.15) is 27.2 Å². The number of anilines is 1. The number of ether oxygens (including phenoxy) is 3. The predicted octanol–water partition coefficient (Wildman–Crippen LogP) is 2.67. The highest BCUT2D eigenvalue weighted by atomic mass is 16.6. The maximum Gasteiger partial charge on any atom is 0.410 e. The Labute approximate surface area is 131 Å². The number of amides is 1. The molecule has 1 fully saturated rings. The number of nitrogen functional groups attached to an aromatic ring is 1. The third-order valence-electron chi connectivity index (χ3n) is 3.39. The molecule has 1 heterocycles. The highest BCUT2D eigenvalue weighted by Crippen LogP contribution is 2.30. The minimum atomic E-state index is -0.491. The Bertz CT molecular complexity index is 539. The van der Waals surface area contributed by atoms with E-state index in [1.54, 1.807) is 30.2 Å². The number of hydrogen-bond donors (Lipinski definition) is 1. The lowest BCUT2D eigenvalue weighted by molar-refractivity contribution is -0.0142. The van der Waals surface area contributed by atoms with Gasteiger partial charge < -0.3 is 24.8 Å². The summed E-state index contributed by atoms with van der Waals surface area (Å²) < 4.78 is 16.4. The Morgan fingerprint density at radius 2 is 2.09 bits per heavy atom. The topological polar surface area (TPSA) is 74.0 Å². The molecule has 0 aromatic heterocycles. The zero-order valence-corrected chi connectivity index (χ0v) is 13.6. The Balaban J connectivity index is 1.92. The van der Waals surface area contributed by atoms with Gasteiger partial charge >= 0.3 is 6.09 Å². The second-order valence-electron chi connectivity index (χ2n) is 6.34. The van der Waals surface area contributed by atoms with Crippen molar-refractivity contribution in [3.05, 3.63) is 18.2 Å². The largest absolute Gasteiger partial charge is 0.493 e. The van der Waals surface area contributed by atoms with E-state index in [1.807, 2.05) is 20.8 Å². The molecule has 1 aliphatic rings. The van der Waals surface area contributed by atoms with Gasteiger partial charge in [0.2, 0.25) is 0 Å². The van der Waals surface area contributed by atoms with Gasteiger partial charge in [-0.25, -0.2) is 4.79 Å². The molecule has 2 rings (SSSR count). The number of nitrogens with zero attached hydrogens (tertiary/aromatic N) is 1. The minimum absolute atomic E-state index is 0.0148. The molecular weight excluding hydrogens is 284 g/mol. The number of hydrogen-bond acceptors (Lipinski definition) is 5. The van der Waals surface area contributed by atoms with Crippen molar-refractivity contribution in [1.82, 2.24) is 4.90 Å². The first kappa shape index (κ1) is 16.3. The highest BCUT2D eigenvalue weighted by molar-refractivity contribution is 5.69. The van der Waals surface area contributed by atoms with Gasteiger partial charge in [0.25, 0.3) is 0 Å². The second-order valence-corrected chi connectivity index (χ2v) is 6.34. The fourth-order valence-corrected chi connectivity index (χ4v) is 2.17. The van der Waals surface area contributed by atoms with E-state index in [1.165, 1.54) is 0 Å². The molecule has 22 heavy (non-hydrogen) atoms. The third kappa shape index (κ3) is 3.96. The summed E-state index contributed by atoms with van der Waals surface area (Å²) in [5, 5.41) is 0. The molecule has 6 heteroatoms. The van der Waals surface area contributed by atoms with Gasteiger partial charge in [-0.05, 0) is 39.3 Å². The third-order valence-corrected chi connectivity index (χ3v) is 3.39. The first-order chi connectivity index (χ1) is 10.3. The van der Waals surface area contributed by atoms with Gasteiger partial charge in [-0.3, -0.25) is 0 Å². The molecule has 0 aliphatic carbocycles. The Hall–Kier alpha value is -2.11. The Morgan fingerprint density at radius 1 is 1.36 bits per heavy atom. The summed E-state index contributed by atoms with van der Waals surface area (Å²) in [6.45, 7) is 6.64. The molecule has 1 atom stereocenters. The van der Waals surface area contributed by atoms with Crippen molar-refractivity contribution in [2.75, 3.05) is 26.0 Å². The summed E-state index contributed by atoms with van der Waals surface area (Å²) in [6.07, 6.45) is 0.594. The summed E-state index contributed by atoms with van der Waals surface area (Å²) in [6, 6.07) is 5.25. The van der Waals surface area contributed by atoms with Crippen molar-refractivity contribution < 1.29 is 19.0 Å². The maximum atomic E-state index is 12.0. The van der Waals surface area contributed by atoms with E-state index in [2.05, 4.69) is 0 Å². The molecule has 0 saturated carbocycles. The van der Waals surface area contributed by atoms with Crippen LogP contribution < -0.4 is 15.2 Å². The van der Waals surface area contributed by atoms with Gasteiger partial charge in [-0.15, -0.1) is 0 Å². The summed E-state index contributed by atoms with van der Waals surface area (Å²) >= 11 is 0. The Kier molecular flexibility index (Phi) is 4.68. The first-order valence-electron chi connectivity index (χ1n) is 7.36. The lowest BCUT2D eigenvalue weighted by atomic mass is 10.1. The van der Waals surface area contributed by atoms with Crippen LogP contribution in [0.25, 0.3) is 0 Å². The van der Waals surface area contributed by atoms with Crippen LogP contribution >= 0.6 is 0 Å². The van der Waals surface area contributed by atoms with E-state index in [-0.39, 0.29) is 12.1 Å². The lowest BCUT2D eigenvalue weighted by Crippen LogP contribution is -2.55. The van der Waals surface area contributed by atoms with Crippen LogP contribution in [-0.2, 0) is 4.74 Å². The minimum Gasteiger partial charge on any atom is -0.493 e. The number of nitrogens with two attached hydrogens (primary N) is 1. The normalized spacial score (nSPS) is 17.6. The molecule has 1 unspecified atom stereocenters. The predicted molar refractivity (Wildman–Crippen MR) is 84.2 cm³/mol. The van der Waals surface area contributed by atoms with Crippen molar-refractivity contribution in [1.29, 1.82) is 0 Å². The quantitative estimate of drug-likeness (QED) is 0.866. The molecule has 0 radical (unpaired) electrons. The van der Waals surface area contributed by atoms with Crippen molar-refractivity contribution >= 4 is 11.8 Å². The van der Waals surface area contributed by atoms with Crippen LogP contribution in [0, 0.1) is 0 Å². The smallest absolute Gasteiger partial charge is 0.410 e. The second kappa shape index (κ2) is 6.34. The van der Waals surface area contributed by atoms with Crippen molar-refractivity contribution in [2.24, 2.45) is 0 Å². The molecule has 6 nitrogen and oxygen atoms in total. The van der Waals surface area contributed by atoms with E-state index in [0.29, 0.717) is 30.3 Å². The average Bonchev–Trinajstić information content (AvgIpc) is 2.35. The van der Waals surface area contributed by atoms with Crippen LogP contribution in [0.4, 0.5) is 10.5 Å². The van der Waals surface area contributed by atoms with E-state index >= 15 is 0 Å². The van der Waals surface area contributed by atoms with Crippen molar-refractivity contribution in [2.45, 2.75) is 38.8 Å². The zero-order valence-electron chi connectivity index (χ0n) is 13.6. The number of likely N-dealkylation sites (tertiary alicyclic amines) is 1. The van der Waals surface area contributed by atoms with Crippen LogP contribution in [-0.4, -0.2) is 42.9 Å². The van der Waals surface area contributed by atoms with Gasteiger partial charge in [0.1, 0.15) is 12.2 Å². The molecule has 122 valence electrons. The summed E-state index contributed by atoms with van der Waals surface area (Å²) in [5.74, 6) is 1.20. The summed E-state index contributed by atoms with van der Waals surface area (Å²) in [4.78, 5) is 13.7. The van der Waals surface area contributed by atoms with Gasteiger partial charge in [0.05, 0.1) is 13.2 Å². The van der Waals surface area contributed by atoms with Gasteiger partial charge in [-0.1, -0.05) is 0 Å². The molecule has 1 saturated heterocycles.